The molecule has 4 nitrogen and oxygen atoms in total. The van der Waals surface area contributed by atoms with Crippen molar-refractivity contribution in [3.63, 3.8) is 0 Å². The van der Waals surface area contributed by atoms with E-state index < -0.39 is 0 Å². The lowest BCUT2D eigenvalue weighted by Gasteiger charge is -2.04. The van der Waals surface area contributed by atoms with Gasteiger partial charge in [0.05, 0.1) is 11.0 Å². The van der Waals surface area contributed by atoms with Crippen LogP contribution in [-0.4, -0.2) is 23.6 Å². The van der Waals surface area contributed by atoms with Gasteiger partial charge in [-0.3, -0.25) is 9.97 Å². The number of benzene rings is 1. The highest BCUT2D eigenvalue weighted by Crippen LogP contribution is 2.22. The Morgan fingerprint density at radius 1 is 1.29 bits per heavy atom. The fraction of sp³-hybridized carbons (Fsp3) is 0.231. The average Bonchev–Trinajstić information content (AvgIpc) is 2.37. The molecule has 0 radical (unpaired) electrons. The molecule has 0 fully saturated rings. The minimum atomic E-state index is 0.735. The first-order valence-electron chi connectivity index (χ1n) is 5.63. The van der Waals surface area contributed by atoms with Gasteiger partial charge < -0.3 is 11.1 Å². The Morgan fingerprint density at radius 3 is 2.94 bits per heavy atom. The Kier molecular flexibility index (Phi) is 3.67. The summed E-state index contributed by atoms with van der Waals surface area (Å²) in [6.07, 6.45) is 8.45. The molecule has 0 unspecified atom stereocenters. The summed E-state index contributed by atoms with van der Waals surface area (Å²) in [6, 6.07) is 3.76. The fourth-order valence-electron chi connectivity index (χ4n) is 1.68. The molecule has 4 heteroatoms. The molecule has 0 saturated carbocycles. The number of nitrogen functional groups attached to an aromatic ring is 1. The molecule has 1 heterocycles. The second-order valence-electron chi connectivity index (χ2n) is 3.79. The Bertz CT molecular complexity index is 534. The summed E-state index contributed by atoms with van der Waals surface area (Å²) in [4.78, 5) is 8.59. The summed E-state index contributed by atoms with van der Waals surface area (Å²) in [5.74, 6) is 0. The van der Waals surface area contributed by atoms with Gasteiger partial charge in [0.15, 0.2) is 0 Å². The molecule has 0 aliphatic carbocycles. The number of nitrogens with one attached hydrogen (secondary N) is 1. The molecule has 88 valence electrons. The van der Waals surface area contributed by atoms with Gasteiger partial charge in [-0.2, -0.15) is 0 Å². The van der Waals surface area contributed by atoms with Crippen LogP contribution in [-0.2, 0) is 0 Å². The van der Waals surface area contributed by atoms with E-state index in [1.165, 1.54) is 0 Å². The summed E-state index contributed by atoms with van der Waals surface area (Å²) in [7, 11) is 1.94. The Labute approximate surface area is 101 Å². The minimum absolute atomic E-state index is 0.735. The fourth-order valence-corrected chi connectivity index (χ4v) is 1.68. The molecule has 2 rings (SSSR count). The average molecular weight is 228 g/mol. The summed E-state index contributed by atoms with van der Waals surface area (Å²) in [6.45, 7) is 0.951. The van der Waals surface area contributed by atoms with E-state index in [1.807, 2.05) is 25.3 Å². The molecule has 0 aliphatic heterocycles. The SMILES string of the molecule is CNCCC=Cc1c(N)ccc2nccnc12. The van der Waals surface area contributed by atoms with Crippen molar-refractivity contribution in [1.29, 1.82) is 0 Å². The van der Waals surface area contributed by atoms with Crippen molar-refractivity contribution in [3.8, 4) is 0 Å². The summed E-state index contributed by atoms with van der Waals surface area (Å²) in [5.41, 5.74) is 9.38. The lowest BCUT2D eigenvalue weighted by Crippen LogP contribution is -2.05. The van der Waals surface area contributed by atoms with Crippen LogP contribution in [0.5, 0.6) is 0 Å². The third-order valence-electron chi connectivity index (χ3n) is 2.56. The van der Waals surface area contributed by atoms with Crippen molar-refractivity contribution < 1.29 is 0 Å². The predicted octanol–water partition coefficient (Wildman–Crippen LogP) is 1.83. The second-order valence-corrected chi connectivity index (χ2v) is 3.79. The molecule has 0 atom stereocenters. The predicted molar refractivity (Wildman–Crippen MR) is 71.5 cm³/mol. The van der Waals surface area contributed by atoms with E-state index in [4.69, 9.17) is 5.73 Å². The zero-order valence-electron chi connectivity index (χ0n) is 9.85. The van der Waals surface area contributed by atoms with E-state index in [1.54, 1.807) is 12.4 Å². The maximum Gasteiger partial charge on any atom is 0.0979 e. The number of hydrogen-bond donors (Lipinski definition) is 2. The van der Waals surface area contributed by atoms with Crippen molar-refractivity contribution >= 4 is 22.8 Å². The molecule has 0 saturated heterocycles. The molecule has 0 bridgehead atoms. The van der Waals surface area contributed by atoms with Crippen LogP contribution in [0.1, 0.15) is 12.0 Å². The molecule has 2 aromatic rings. The van der Waals surface area contributed by atoms with Gasteiger partial charge in [0.1, 0.15) is 0 Å². The van der Waals surface area contributed by atoms with E-state index in [2.05, 4.69) is 21.4 Å². The van der Waals surface area contributed by atoms with Crippen LogP contribution in [0.2, 0.25) is 0 Å². The third-order valence-corrected chi connectivity index (χ3v) is 2.56. The van der Waals surface area contributed by atoms with Crippen LogP contribution in [0.15, 0.2) is 30.6 Å². The topological polar surface area (TPSA) is 63.8 Å². The Balaban J connectivity index is 2.37. The van der Waals surface area contributed by atoms with Crippen molar-refractivity contribution in [2.24, 2.45) is 0 Å². The van der Waals surface area contributed by atoms with E-state index >= 15 is 0 Å². The number of aromatic nitrogens is 2. The highest BCUT2D eigenvalue weighted by atomic mass is 14.8. The molecule has 0 amide bonds. The van der Waals surface area contributed by atoms with Crippen LogP contribution in [0.25, 0.3) is 17.1 Å². The number of anilines is 1. The first-order chi connectivity index (χ1) is 8.33. The second kappa shape index (κ2) is 5.41. The van der Waals surface area contributed by atoms with Gasteiger partial charge in [-0.15, -0.1) is 0 Å². The monoisotopic (exact) mass is 228 g/mol. The zero-order valence-corrected chi connectivity index (χ0v) is 9.85. The van der Waals surface area contributed by atoms with Crippen LogP contribution < -0.4 is 11.1 Å². The summed E-state index contributed by atoms with van der Waals surface area (Å²) in [5, 5.41) is 3.10. The number of nitrogens with zero attached hydrogens (tertiary/aromatic N) is 2. The molecule has 1 aromatic heterocycles. The molecule has 3 N–H and O–H groups in total. The summed E-state index contributed by atoms with van der Waals surface area (Å²) >= 11 is 0. The van der Waals surface area contributed by atoms with Crippen molar-refractivity contribution in [1.82, 2.24) is 15.3 Å². The van der Waals surface area contributed by atoms with E-state index in [9.17, 15) is 0 Å². The first-order valence-corrected chi connectivity index (χ1v) is 5.63. The third kappa shape index (κ3) is 2.60. The van der Waals surface area contributed by atoms with Crippen LogP contribution in [0.4, 0.5) is 5.69 Å². The first kappa shape index (κ1) is 11.5. The molecular weight excluding hydrogens is 212 g/mol. The smallest absolute Gasteiger partial charge is 0.0979 e. The van der Waals surface area contributed by atoms with Gasteiger partial charge in [-0.1, -0.05) is 12.2 Å². The van der Waals surface area contributed by atoms with Gasteiger partial charge in [-0.05, 0) is 32.1 Å². The maximum absolute atomic E-state index is 5.97. The van der Waals surface area contributed by atoms with Gasteiger partial charge in [-0.25, -0.2) is 0 Å². The minimum Gasteiger partial charge on any atom is -0.398 e. The van der Waals surface area contributed by atoms with Gasteiger partial charge in [0.25, 0.3) is 0 Å². The van der Waals surface area contributed by atoms with Crippen molar-refractivity contribution in [3.05, 3.63) is 36.2 Å². The lowest BCUT2D eigenvalue weighted by molar-refractivity contribution is 0.809. The molecule has 17 heavy (non-hydrogen) atoms. The molecule has 0 aliphatic rings. The quantitative estimate of drug-likeness (QED) is 0.619. The van der Waals surface area contributed by atoms with Crippen molar-refractivity contribution in [2.45, 2.75) is 6.42 Å². The highest BCUT2D eigenvalue weighted by molar-refractivity contribution is 5.89. The van der Waals surface area contributed by atoms with Crippen LogP contribution in [0, 0.1) is 0 Å². The van der Waals surface area contributed by atoms with Crippen LogP contribution in [0.3, 0.4) is 0 Å². The number of hydrogen-bond acceptors (Lipinski definition) is 4. The molecule has 1 aromatic carbocycles. The van der Waals surface area contributed by atoms with Gasteiger partial charge in [0, 0.05) is 23.6 Å². The van der Waals surface area contributed by atoms with Gasteiger partial charge in [0.2, 0.25) is 0 Å². The number of rotatable bonds is 4. The Hall–Kier alpha value is -1.94. The normalized spacial score (nSPS) is 11.4. The summed E-state index contributed by atoms with van der Waals surface area (Å²) < 4.78 is 0. The van der Waals surface area contributed by atoms with Crippen molar-refractivity contribution in [2.75, 3.05) is 19.3 Å². The number of fused-ring (bicyclic) bond motifs is 1. The molecular formula is C13H16N4. The van der Waals surface area contributed by atoms with E-state index in [0.29, 0.717) is 0 Å². The van der Waals surface area contributed by atoms with Crippen LogP contribution >= 0.6 is 0 Å². The van der Waals surface area contributed by atoms with E-state index in [-0.39, 0.29) is 0 Å². The lowest BCUT2D eigenvalue weighted by atomic mass is 10.1. The van der Waals surface area contributed by atoms with E-state index in [0.717, 1.165) is 35.2 Å². The standard InChI is InChI=1S/C13H16N4/c1-15-7-3-2-4-10-11(14)5-6-12-13(10)17-9-8-16-12/h2,4-6,8-9,15H,3,7,14H2,1H3. The van der Waals surface area contributed by atoms with Gasteiger partial charge >= 0.3 is 0 Å². The largest absolute Gasteiger partial charge is 0.398 e. The maximum atomic E-state index is 5.97. The zero-order chi connectivity index (χ0) is 12.1. The molecule has 0 spiro atoms. The Morgan fingerprint density at radius 2 is 2.12 bits per heavy atom. The number of nitrogens with two attached hydrogens (primary N) is 1. The highest BCUT2D eigenvalue weighted by Gasteiger charge is 2.03.